The van der Waals surface area contributed by atoms with Crippen molar-refractivity contribution in [2.45, 2.75) is 18.5 Å². The summed E-state index contributed by atoms with van der Waals surface area (Å²) in [7, 11) is 0. The number of alkyl halides is 9. The number of nitrogens with zero attached hydrogens (tertiary/aromatic N) is 3. The Kier molecular flexibility index (Phi) is 7.64. The highest BCUT2D eigenvalue weighted by molar-refractivity contribution is 5.59. The molecular weight excluding hydrogens is 513 g/mol. The molecule has 194 valence electrons. The van der Waals surface area contributed by atoms with E-state index in [0.29, 0.717) is 6.07 Å². The lowest BCUT2D eigenvalue weighted by Crippen LogP contribution is -2.20. The van der Waals surface area contributed by atoms with Crippen LogP contribution in [0.4, 0.5) is 62.8 Å². The molecule has 3 aromatic rings. The van der Waals surface area contributed by atoms with Gasteiger partial charge in [-0.3, -0.25) is 0 Å². The Morgan fingerprint density at radius 1 is 0.639 bits per heavy atom. The maximum atomic E-state index is 13.0. The van der Waals surface area contributed by atoms with E-state index in [4.69, 9.17) is 0 Å². The number of hydrogen-bond acceptors (Lipinski definition) is 7. The summed E-state index contributed by atoms with van der Waals surface area (Å²) in [6, 6.07) is 8.03. The molecule has 0 saturated carbocycles. The van der Waals surface area contributed by atoms with Gasteiger partial charge < -0.3 is 20.1 Å². The van der Waals surface area contributed by atoms with Gasteiger partial charge in [0.25, 0.3) is 0 Å². The first kappa shape index (κ1) is 26.6. The number of anilines is 4. The van der Waals surface area contributed by atoms with E-state index in [1.165, 1.54) is 24.3 Å². The molecule has 0 aliphatic rings. The number of benzene rings is 2. The van der Waals surface area contributed by atoms with Crippen molar-refractivity contribution in [3.05, 3.63) is 54.1 Å². The molecule has 0 fully saturated rings. The largest absolute Gasteiger partial charge is 0.484 e. The van der Waals surface area contributed by atoms with Crippen molar-refractivity contribution < 1.29 is 49.0 Å². The second-order valence-corrected chi connectivity index (χ2v) is 6.93. The number of halogens is 9. The molecule has 0 bridgehead atoms. The molecule has 0 amide bonds. The predicted molar refractivity (Wildman–Crippen MR) is 107 cm³/mol. The zero-order chi connectivity index (χ0) is 26.6. The Balaban J connectivity index is 1.87. The maximum absolute atomic E-state index is 13.0. The van der Waals surface area contributed by atoms with Gasteiger partial charge in [0.2, 0.25) is 11.9 Å². The Bertz CT molecular complexity index is 1180. The molecule has 0 unspecified atom stereocenters. The first-order chi connectivity index (χ1) is 16.7. The van der Waals surface area contributed by atoms with Crippen LogP contribution in [-0.4, -0.2) is 40.5 Å². The normalized spacial score (nSPS) is 12.2. The number of aromatic nitrogens is 3. The van der Waals surface area contributed by atoms with Crippen molar-refractivity contribution >= 4 is 23.3 Å². The van der Waals surface area contributed by atoms with Crippen molar-refractivity contribution in [1.82, 2.24) is 15.0 Å². The fourth-order valence-corrected chi connectivity index (χ4v) is 2.54. The van der Waals surface area contributed by atoms with Gasteiger partial charge in [0.05, 0.1) is 5.56 Å². The van der Waals surface area contributed by atoms with Crippen molar-refractivity contribution in [3.63, 3.8) is 0 Å². The highest BCUT2D eigenvalue weighted by Crippen LogP contribution is 2.31. The van der Waals surface area contributed by atoms with Crippen LogP contribution in [0.5, 0.6) is 11.8 Å². The Labute approximate surface area is 196 Å². The molecule has 2 N–H and O–H groups in total. The molecule has 16 heteroatoms. The Morgan fingerprint density at radius 2 is 1.17 bits per heavy atom. The summed E-state index contributed by atoms with van der Waals surface area (Å²) in [5.74, 6) is -1.10. The summed E-state index contributed by atoms with van der Waals surface area (Å²) in [5, 5.41) is 4.95. The summed E-state index contributed by atoms with van der Waals surface area (Å²) < 4.78 is 123. The van der Waals surface area contributed by atoms with Crippen LogP contribution in [-0.2, 0) is 6.18 Å². The van der Waals surface area contributed by atoms with Crippen molar-refractivity contribution in [2.75, 3.05) is 23.8 Å². The second kappa shape index (κ2) is 10.3. The fourth-order valence-electron chi connectivity index (χ4n) is 2.54. The third-order valence-electron chi connectivity index (χ3n) is 3.92. The van der Waals surface area contributed by atoms with Crippen LogP contribution in [0.15, 0.2) is 48.5 Å². The lowest BCUT2D eigenvalue weighted by molar-refractivity contribution is -0.155. The summed E-state index contributed by atoms with van der Waals surface area (Å²) in [6.45, 7) is -3.34. The minimum atomic E-state index is -4.75. The van der Waals surface area contributed by atoms with Gasteiger partial charge in [-0.05, 0) is 30.3 Å². The van der Waals surface area contributed by atoms with Gasteiger partial charge in [-0.25, -0.2) is 0 Å². The summed E-state index contributed by atoms with van der Waals surface area (Å²) in [6.07, 6.45) is -14.0. The smallest absolute Gasteiger partial charge is 0.422 e. The first-order valence-electron chi connectivity index (χ1n) is 9.63. The highest BCUT2D eigenvalue weighted by atomic mass is 19.4. The zero-order valence-corrected chi connectivity index (χ0v) is 17.6. The topological polar surface area (TPSA) is 81.2 Å². The lowest BCUT2D eigenvalue weighted by atomic mass is 10.2. The van der Waals surface area contributed by atoms with Crippen LogP contribution >= 0.6 is 0 Å². The lowest BCUT2D eigenvalue weighted by Gasteiger charge is -2.13. The maximum Gasteiger partial charge on any atom is 0.422 e. The van der Waals surface area contributed by atoms with Gasteiger partial charge in [0.15, 0.2) is 13.2 Å². The van der Waals surface area contributed by atoms with Crippen LogP contribution < -0.4 is 20.1 Å². The third kappa shape index (κ3) is 8.66. The average Bonchev–Trinajstić information content (AvgIpc) is 2.75. The minimum Gasteiger partial charge on any atom is -0.484 e. The van der Waals surface area contributed by atoms with E-state index < -0.39 is 55.2 Å². The van der Waals surface area contributed by atoms with Crippen molar-refractivity contribution in [1.29, 1.82) is 0 Å². The molecule has 1 aromatic heterocycles. The Morgan fingerprint density at radius 3 is 1.72 bits per heavy atom. The first-order valence-corrected chi connectivity index (χ1v) is 9.63. The van der Waals surface area contributed by atoms with E-state index in [1.54, 1.807) is 0 Å². The van der Waals surface area contributed by atoms with E-state index in [0.717, 1.165) is 18.2 Å². The monoisotopic (exact) mass is 527 g/mol. The SMILES string of the molecule is FC(F)(F)COc1cccc(Nc2nc(Nc3cccc(C(F)(F)F)c3)nc(OCC(F)(F)F)n2)c1. The molecule has 1 heterocycles. The van der Waals surface area contributed by atoms with E-state index in [-0.39, 0.29) is 17.1 Å². The van der Waals surface area contributed by atoms with Crippen molar-refractivity contribution in [3.8, 4) is 11.8 Å². The summed E-state index contributed by atoms with van der Waals surface area (Å²) in [5.41, 5.74) is -1.08. The van der Waals surface area contributed by atoms with Crippen LogP contribution in [0.3, 0.4) is 0 Å². The van der Waals surface area contributed by atoms with E-state index in [9.17, 15) is 39.5 Å². The van der Waals surface area contributed by atoms with Crippen LogP contribution in [0.25, 0.3) is 0 Å². The summed E-state index contributed by atoms with van der Waals surface area (Å²) >= 11 is 0. The van der Waals surface area contributed by atoms with E-state index in [2.05, 4.69) is 35.1 Å². The minimum absolute atomic E-state index is 0.0765. The molecular formula is C20H14F9N5O2. The number of rotatable bonds is 8. The van der Waals surface area contributed by atoms with E-state index in [1.807, 2.05) is 0 Å². The van der Waals surface area contributed by atoms with Gasteiger partial charge in [-0.15, -0.1) is 0 Å². The molecule has 0 atom stereocenters. The second-order valence-electron chi connectivity index (χ2n) is 6.93. The molecule has 36 heavy (non-hydrogen) atoms. The van der Waals surface area contributed by atoms with Crippen molar-refractivity contribution in [2.24, 2.45) is 0 Å². The van der Waals surface area contributed by atoms with Gasteiger partial charge >= 0.3 is 24.5 Å². The standard InChI is InChI=1S/C20H14F9N5O2/c21-18(22,23)9-35-14-6-2-5-13(8-14)31-16-32-15(33-17(34-16)36-10-19(24,25)26)30-12-4-1-3-11(7-12)20(27,28)29/h1-8H,9-10H2,(H2,30,31,32,33,34). The van der Waals surface area contributed by atoms with Crippen LogP contribution in [0, 0.1) is 0 Å². The van der Waals surface area contributed by atoms with Gasteiger partial charge in [-0.1, -0.05) is 12.1 Å². The quantitative estimate of drug-likeness (QED) is 0.335. The third-order valence-corrected chi connectivity index (χ3v) is 3.92. The predicted octanol–water partition coefficient (Wildman–Crippen LogP) is 6.26. The van der Waals surface area contributed by atoms with Gasteiger partial charge in [-0.2, -0.15) is 54.5 Å². The van der Waals surface area contributed by atoms with Crippen LogP contribution in [0.1, 0.15) is 5.56 Å². The van der Waals surface area contributed by atoms with Gasteiger partial charge in [0.1, 0.15) is 5.75 Å². The number of nitrogens with one attached hydrogen (secondary N) is 2. The number of ether oxygens (including phenoxy) is 2. The molecule has 2 aromatic carbocycles. The van der Waals surface area contributed by atoms with E-state index >= 15 is 0 Å². The van der Waals surface area contributed by atoms with Gasteiger partial charge in [0, 0.05) is 17.4 Å². The number of hydrogen-bond donors (Lipinski definition) is 2. The molecule has 0 radical (unpaired) electrons. The molecule has 0 saturated heterocycles. The molecule has 0 aliphatic heterocycles. The molecule has 0 aliphatic carbocycles. The Hall–Kier alpha value is -3.98. The molecule has 7 nitrogen and oxygen atoms in total. The van der Waals surface area contributed by atoms with Crippen LogP contribution in [0.2, 0.25) is 0 Å². The highest BCUT2D eigenvalue weighted by Gasteiger charge is 2.31. The summed E-state index contributed by atoms with van der Waals surface area (Å²) in [4.78, 5) is 11.1. The fraction of sp³-hybridized carbons (Fsp3) is 0.250. The molecule has 3 rings (SSSR count). The zero-order valence-electron chi connectivity index (χ0n) is 17.6. The molecule has 0 spiro atoms. The average molecular weight is 527 g/mol.